The number of non-ortho nitro benzene ring substituents is 1. The van der Waals surface area contributed by atoms with E-state index in [4.69, 9.17) is 14.2 Å². The van der Waals surface area contributed by atoms with Gasteiger partial charge in [0.25, 0.3) is 16.8 Å². The van der Waals surface area contributed by atoms with Crippen LogP contribution in [-0.4, -0.2) is 52.1 Å². The number of rotatable bonds is 11. The molecule has 216 valence electrons. The van der Waals surface area contributed by atoms with E-state index in [-0.39, 0.29) is 28.8 Å². The lowest BCUT2D eigenvalue weighted by Gasteiger charge is -2.13. The van der Waals surface area contributed by atoms with Crippen molar-refractivity contribution in [3.05, 3.63) is 91.4 Å². The Bertz CT molecular complexity index is 1610. The smallest absolute Gasteiger partial charge is 0.318 e. The zero-order chi connectivity index (χ0) is 30.4. The second-order valence-corrected chi connectivity index (χ2v) is 9.45. The molecule has 3 aromatic rings. The van der Waals surface area contributed by atoms with E-state index in [0.29, 0.717) is 28.8 Å². The average Bonchev–Trinajstić information content (AvgIpc) is 3.22. The van der Waals surface area contributed by atoms with Crippen LogP contribution in [0, 0.1) is 20.2 Å². The third-order valence-corrected chi connectivity index (χ3v) is 6.59. The molecule has 1 fully saturated rings. The quantitative estimate of drug-likeness (QED) is 0.171. The molecular formula is C27H22N4O10S. The Balaban J connectivity index is 1.51. The highest BCUT2D eigenvalue weighted by molar-refractivity contribution is 8.18. The summed E-state index contributed by atoms with van der Waals surface area (Å²) in [6.07, 6.45) is 1.44. The first-order chi connectivity index (χ1) is 20.1. The summed E-state index contributed by atoms with van der Waals surface area (Å²) in [4.78, 5) is 59.8. The van der Waals surface area contributed by atoms with Crippen LogP contribution in [0.25, 0.3) is 6.08 Å². The van der Waals surface area contributed by atoms with Crippen molar-refractivity contribution < 1.29 is 38.4 Å². The number of hydrogen-bond donors (Lipinski definition) is 1. The molecule has 0 aliphatic carbocycles. The Kier molecular flexibility index (Phi) is 9.02. The third kappa shape index (κ3) is 6.82. The van der Waals surface area contributed by atoms with Crippen molar-refractivity contribution in [1.82, 2.24) is 4.90 Å². The van der Waals surface area contributed by atoms with Crippen LogP contribution in [0.1, 0.15) is 12.5 Å². The topological polar surface area (TPSA) is 180 Å². The molecule has 1 N–H and O–H groups in total. The lowest BCUT2D eigenvalue weighted by molar-refractivity contribution is -0.394. The molecule has 0 spiro atoms. The Morgan fingerprint density at radius 1 is 0.976 bits per heavy atom. The number of imide groups is 1. The number of ether oxygens (including phenoxy) is 3. The van der Waals surface area contributed by atoms with Crippen LogP contribution in [0.3, 0.4) is 0 Å². The molecule has 15 heteroatoms. The molecule has 1 aliphatic rings. The monoisotopic (exact) mass is 594 g/mol. The molecule has 0 aromatic heterocycles. The maximum atomic E-state index is 12.9. The van der Waals surface area contributed by atoms with E-state index in [2.05, 4.69) is 5.32 Å². The molecule has 1 saturated heterocycles. The van der Waals surface area contributed by atoms with Crippen molar-refractivity contribution >= 4 is 52.0 Å². The van der Waals surface area contributed by atoms with E-state index < -0.39 is 44.8 Å². The van der Waals surface area contributed by atoms with E-state index in [0.717, 1.165) is 23.1 Å². The summed E-state index contributed by atoms with van der Waals surface area (Å²) in [6, 6.07) is 14.0. The molecule has 1 aliphatic heterocycles. The summed E-state index contributed by atoms with van der Waals surface area (Å²) in [5.41, 5.74) is -0.174. The van der Waals surface area contributed by atoms with Crippen molar-refractivity contribution in [2.24, 2.45) is 0 Å². The number of benzene rings is 3. The number of thioether (sulfide) groups is 1. The Labute approximate surface area is 242 Å². The number of carbonyl (C=O) groups is 3. The second kappa shape index (κ2) is 12.8. The predicted molar refractivity (Wildman–Crippen MR) is 152 cm³/mol. The van der Waals surface area contributed by atoms with Gasteiger partial charge >= 0.3 is 5.69 Å². The van der Waals surface area contributed by atoms with Crippen LogP contribution in [0.2, 0.25) is 0 Å². The van der Waals surface area contributed by atoms with Crippen LogP contribution in [0.5, 0.6) is 23.0 Å². The molecule has 0 bridgehead atoms. The lowest BCUT2D eigenvalue weighted by Crippen LogP contribution is -2.36. The Morgan fingerprint density at radius 2 is 1.69 bits per heavy atom. The fourth-order valence-corrected chi connectivity index (χ4v) is 4.58. The normalized spacial score (nSPS) is 13.7. The van der Waals surface area contributed by atoms with Gasteiger partial charge in [-0.05, 0) is 72.8 Å². The third-order valence-electron chi connectivity index (χ3n) is 5.68. The van der Waals surface area contributed by atoms with Crippen LogP contribution in [-0.2, 0) is 9.59 Å². The van der Waals surface area contributed by atoms with Gasteiger partial charge in [0.15, 0.2) is 11.5 Å². The molecule has 3 amide bonds. The van der Waals surface area contributed by atoms with E-state index in [1.54, 1.807) is 31.2 Å². The molecule has 3 aromatic carbocycles. The molecular weight excluding hydrogens is 572 g/mol. The van der Waals surface area contributed by atoms with Gasteiger partial charge in [0.1, 0.15) is 12.3 Å². The standard InChI is InChI=1S/C27H22N4O10S/c1-3-40-23-12-16(4-10-22(23)41-21-11-7-18(30(35)36)14-20(21)31(37)38)13-24-26(33)29(27(34)42-24)15-25(32)28-17-5-8-19(39-2)9-6-17/h4-14H,3,15H2,1-2H3,(H,28,32)/b24-13+. The highest BCUT2D eigenvalue weighted by Crippen LogP contribution is 2.39. The van der Waals surface area contributed by atoms with Gasteiger partial charge in [0.05, 0.1) is 34.5 Å². The fraction of sp³-hybridized carbons (Fsp3) is 0.148. The Hall–Kier alpha value is -5.44. The Morgan fingerprint density at radius 3 is 2.33 bits per heavy atom. The first-order valence-corrected chi connectivity index (χ1v) is 13.0. The van der Waals surface area contributed by atoms with Crippen molar-refractivity contribution in [1.29, 1.82) is 0 Å². The van der Waals surface area contributed by atoms with Gasteiger partial charge in [-0.1, -0.05) is 6.07 Å². The van der Waals surface area contributed by atoms with Crippen molar-refractivity contribution in [3.8, 4) is 23.0 Å². The number of nitro groups is 2. The highest BCUT2D eigenvalue weighted by Gasteiger charge is 2.36. The largest absolute Gasteiger partial charge is 0.497 e. The van der Waals surface area contributed by atoms with Gasteiger partial charge in [0.2, 0.25) is 11.7 Å². The van der Waals surface area contributed by atoms with E-state index >= 15 is 0 Å². The predicted octanol–water partition coefficient (Wildman–Crippen LogP) is 5.38. The summed E-state index contributed by atoms with van der Waals surface area (Å²) < 4.78 is 16.4. The van der Waals surface area contributed by atoms with Crippen molar-refractivity contribution in [2.75, 3.05) is 25.6 Å². The highest BCUT2D eigenvalue weighted by atomic mass is 32.2. The summed E-state index contributed by atoms with van der Waals surface area (Å²) in [6.45, 7) is 1.41. The average molecular weight is 595 g/mol. The summed E-state index contributed by atoms with van der Waals surface area (Å²) in [7, 11) is 1.51. The zero-order valence-corrected chi connectivity index (χ0v) is 22.9. The maximum absolute atomic E-state index is 12.9. The molecule has 1 heterocycles. The van der Waals surface area contributed by atoms with Crippen LogP contribution < -0.4 is 19.5 Å². The zero-order valence-electron chi connectivity index (χ0n) is 22.1. The number of nitro benzene ring substituents is 2. The summed E-state index contributed by atoms with van der Waals surface area (Å²) in [5.74, 6) is -0.623. The van der Waals surface area contributed by atoms with E-state index in [9.17, 15) is 34.6 Å². The number of methoxy groups -OCH3 is 1. The number of hydrogen-bond acceptors (Lipinski definition) is 11. The first kappa shape index (κ1) is 29.5. The molecule has 0 atom stereocenters. The molecule has 42 heavy (non-hydrogen) atoms. The summed E-state index contributed by atoms with van der Waals surface area (Å²) >= 11 is 0.665. The lowest BCUT2D eigenvalue weighted by atomic mass is 10.1. The van der Waals surface area contributed by atoms with Gasteiger partial charge in [-0.25, -0.2) is 0 Å². The number of nitrogens with zero attached hydrogens (tertiary/aromatic N) is 3. The van der Waals surface area contributed by atoms with Crippen molar-refractivity contribution in [3.63, 3.8) is 0 Å². The van der Waals surface area contributed by atoms with Gasteiger partial charge in [-0.2, -0.15) is 0 Å². The summed E-state index contributed by atoms with van der Waals surface area (Å²) in [5, 5.41) is 24.5. The van der Waals surface area contributed by atoms with E-state index in [1.807, 2.05) is 0 Å². The SMILES string of the molecule is CCOc1cc(/C=C2/SC(=O)N(CC(=O)Nc3ccc(OC)cc3)C2=O)ccc1Oc1ccc([N+](=O)[O-])cc1[N+](=O)[O-]. The van der Waals surface area contributed by atoms with E-state index in [1.165, 1.54) is 31.4 Å². The van der Waals surface area contributed by atoms with Crippen LogP contribution in [0.4, 0.5) is 21.9 Å². The maximum Gasteiger partial charge on any atom is 0.318 e. The van der Waals surface area contributed by atoms with Crippen LogP contribution in [0.15, 0.2) is 65.6 Å². The number of anilines is 1. The first-order valence-electron chi connectivity index (χ1n) is 12.2. The fourth-order valence-electron chi connectivity index (χ4n) is 3.74. The molecule has 0 saturated carbocycles. The van der Waals surface area contributed by atoms with Crippen LogP contribution >= 0.6 is 11.8 Å². The molecule has 0 radical (unpaired) electrons. The van der Waals surface area contributed by atoms with Gasteiger partial charge < -0.3 is 19.5 Å². The van der Waals surface area contributed by atoms with Gasteiger partial charge in [0, 0.05) is 11.8 Å². The van der Waals surface area contributed by atoms with Gasteiger partial charge in [-0.3, -0.25) is 39.5 Å². The molecule has 14 nitrogen and oxygen atoms in total. The second-order valence-electron chi connectivity index (χ2n) is 8.45. The minimum Gasteiger partial charge on any atom is -0.497 e. The van der Waals surface area contributed by atoms with Gasteiger partial charge in [-0.15, -0.1) is 0 Å². The number of carbonyl (C=O) groups excluding carboxylic acids is 3. The minimum absolute atomic E-state index is 0.0689. The molecule has 4 rings (SSSR count). The van der Waals surface area contributed by atoms with Crippen molar-refractivity contribution in [2.45, 2.75) is 6.92 Å². The number of amides is 3. The minimum atomic E-state index is -0.801. The molecule has 0 unspecified atom stereocenters. The number of nitrogens with one attached hydrogen (secondary N) is 1.